The summed E-state index contributed by atoms with van der Waals surface area (Å²) in [5.41, 5.74) is 1.34. The molecule has 3 N–H and O–H groups in total. The first kappa shape index (κ1) is 16.0. The third-order valence-corrected chi connectivity index (χ3v) is 3.49. The van der Waals surface area contributed by atoms with Crippen molar-refractivity contribution in [2.45, 2.75) is 26.2 Å². The van der Waals surface area contributed by atoms with Gasteiger partial charge in [-0.05, 0) is 24.0 Å². The van der Waals surface area contributed by atoms with Gasteiger partial charge in [0.1, 0.15) is 32.0 Å². The van der Waals surface area contributed by atoms with Gasteiger partial charge < -0.3 is 15.0 Å². The second-order valence-corrected chi connectivity index (χ2v) is 5.52. The van der Waals surface area contributed by atoms with Gasteiger partial charge in [0.2, 0.25) is 0 Å². The van der Waals surface area contributed by atoms with Crippen molar-refractivity contribution in [1.82, 2.24) is 0 Å². The molecule has 1 atom stereocenters. The van der Waals surface area contributed by atoms with Crippen LogP contribution in [0, 0.1) is 0 Å². The van der Waals surface area contributed by atoms with Crippen LogP contribution >= 0.6 is 0 Å². The predicted octanol–water partition coefficient (Wildman–Crippen LogP) is 0.287. The molecule has 0 aliphatic carbocycles. The third kappa shape index (κ3) is 6.08. The standard InChI is InChI=1S/C16H28N2O/c1-5-14(2)15-8-6-7-9-16(15)19-13-11-17-10-12-18(3)4/h6-9,14,17H,5,10-13H2,1-4H3/p+2/t14-/m1/s1. The van der Waals surface area contributed by atoms with Crippen LogP contribution in [-0.2, 0) is 0 Å². The van der Waals surface area contributed by atoms with Crippen molar-refractivity contribution in [2.24, 2.45) is 0 Å². The number of para-hydroxylation sites is 1. The zero-order valence-corrected chi connectivity index (χ0v) is 12.9. The summed E-state index contributed by atoms with van der Waals surface area (Å²) in [4.78, 5) is 1.50. The monoisotopic (exact) mass is 266 g/mol. The van der Waals surface area contributed by atoms with Crippen LogP contribution in [0.2, 0.25) is 0 Å². The number of nitrogens with two attached hydrogens (primary N) is 1. The van der Waals surface area contributed by atoms with Crippen molar-refractivity contribution in [3.8, 4) is 5.75 Å². The summed E-state index contributed by atoms with van der Waals surface area (Å²) >= 11 is 0. The van der Waals surface area contributed by atoms with Crippen molar-refractivity contribution in [2.75, 3.05) is 40.3 Å². The van der Waals surface area contributed by atoms with Gasteiger partial charge in [0, 0.05) is 0 Å². The lowest BCUT2D eigenvalue weighted by Gasteiger charge is -2.15. The lowest BCUT2D eigenvalue weighted by molar-refractivity contribution is -0.874. The van der Waals surface area contributed by atoms with Crippen LogP contribution in [0.4, 0.5) is 0 Å². The second kappa shape index (κ2) is 8.94. The number of quaternary nitrogens is 2. The Morgan fingerprint density at radius 2 is 1.95 bits per heavy atom. The molecule has 0 heterocycles. The number of nitrogens with one attached hydrogen (secondary N) is 1. The van der Waals surface area contributed by atoms with Crippen LogP contribution in [0.25, 0.3) is 0 Å². The Morgan fingerprint density at radius 3 is 2.63 bits per heavy atom. The molecule has 0 radical (unpaired) electrons. The van der Waals surface area contributed by atoms with Gasteiger partial charge in [-0.2, -0.15) is 0 Å². The van der Waals surface area contributed by atoms with Crippen LogP contribution in [0.1, 0.15) is 31.7 Å². The first-order valence-corrected chi connectivity index (χ1v) is 7.47. The van der Waals surface area contributed by atoms with Crippen molar-refractivity contribution in [3.63, 3.8) is 0 Å². The fourth-order valence-corrected chi connectivity index (χ4v) is 2.03. The fourth-order valence-electron chi connectivity index (χ4n) is 2.03. The summed E-state index contributed by atoms with van der Waals surface area (Å²) < 4.78 is 5.93. The fraction of sp³-hybridized carbons (Fsp3) is 0.625. The summed E-state index contributed by atoms with van der Waals surface area (Å²) in [6.07, 6.45) is 1.15. The minimum absolute atomic E-state index is 0.567. The Balaban J connectivity index is 2.33. The van der Waals surface area contributed by atoms with Crippen LogP contribution in [0.15, 0.2) is 24.3 Å². The van der Waals surface area contributed by atoms with Gasteiger partial charge in [-0.3, -0.25) is 0 Å². The molecule has 1 rings (SSSR count). The molecule has 0 spiro atoms. The van der Waals surface area contributed by atoms with E-state index in [9.17, 15) is 0 Å². The van der Waals surface area contributed by atoms with Crippen molar-refractivity contribution in [1.29, 1.82) is 0 Å². The van der Waals surface area contributed by atoms with Gasteiger partial charge >= 0.3 is 0 Å². The zero-order chi connectivity index (χ0) is 14.1. The Kier molecular flexibility index (Phi) is 7.53. The smallest absolute Gasteiger partial charge is 0.137 e. The Labute approximate surface area is 118 Å². The molecular formula is C16H30N2O+2. The normalized spacial score (nSPS) is 12.7. The van der Waals surface area contributed by atoms with E-state index in [-0.39, 0.29) is 0 Å². The summed E-state index contributed by atoms with van der Waals surface area (Å²) in [6, 6.07) is 8.43. The molecular weight excluding hydrogens is 236 g/mol. The molecule has 1 aromatic rings. The first-order chi connectivity index (χ1) is 9.15. The van der Waals surface area contributed by atoms with Crippen LogP contribution in [0.5, 0.6) is 5.75 Å². The summed E-state index contributed by atoms with van der Waals surface area (Å²) in [5, 5.41) is 2.33. The maximum atomic E-state index is 5.93. The molecule has 108 valence electrons. The molecule has 0 saturated heterocycles. The van der Waals surface area contributed by atoms with Crippen LogP contribution in [-0.4, -0.2) is 40.3 Å². The van der Waals surface area contributed by atoms with E-state index in [4.69, 9.17) is 4.74 Å². The Morgan fingerprint density at radius 1 is 1.21 bits per heavy atom. The summed E-state index contributed by atoms with van der Waals surface area (Å²) in [7, 11) is 4.37. The molecule has 3 heteroatoms. The lowest BCUT2D eigenvalue weighted by atomic mass is 9.98. The van der Waals surface area contributed by atoms with Gasteiger partial charge in [-0.15, -0.1) is 0 Å². The molecule has 0 amide bonds. The minimum atomic E-state index is 0.567. The van der Waals surface area contributed by atoms with Gasteiger partial charge in [0.05, 0.1) is 14.1 Å². The van der Waals surface area contributed by atoms with Crippen molar-refractivity contribution < 1.29 is 15.0 Å². The van der Waals surface area contributed by atoms with E-state index in [0.29, 0.717) is 5.92 Å². The van der Waals surface area contributed by atoms with Gasteiger partial charge in [-0.25, -0.2) is 0 Å². The maximum absolute atomic E-state index is 5.93. The molecule has 0 unspecified atom stereocenters. The minimum Gasteiger partial charge on any atom is -0.487 e. The van der Waals surface area contributed by atoms with E-state index in [0.717, 1.165) is 25.3 Å². The molecule has 0 aliphatic rings. The van der Waals surface area contributed by atoms with E-state index in [1.807, 2.05) is 0 Å². The third-order valence-electron chi connectivity index (χ3n) is 3.49. The van der Waals surface area contributed by atoms with Gasteiger partial charge in [0.25, 0.3) is 0 Å². The summed E-state index contributed by atoms with van der Waals surface area (Å²) in [6.45, 7) is 8.66. The molecule has 0 saturated carbocycles. The lowest BCUT2D eigenvalue weighted by Crippen LogP contribution is -3.09. The number of likely N-dealkylation sites (N-methyl/N-ethyl adjacent to an activating group) is 1. The molecule has 0 aliphatic heterocycles. The molecule has 19 heavy (non-hydrogen) atoms. The highest BCUT2D eigenvalue weighted by Gasteiger charge is 2.09. The highest BCUT2D eigenvalue weighted by Crippen LogP contribution is 2.28. The van der Waals surface area contributed by atoms with Gasteiger partial charge in [-0.1, -0.05) is 32.0 Å². The molecule has 0 fully saturated rings. The highest BCUT2D eigenvalue weighted by molar-refractivity contribution is 5.35. The Hall–Kier alpha value is -1.06. The number of rotatable bonds is 9. The maximum Gasteiger partial charge on any atom is 0.137 e. The van der Waals surface area contributed by atoms with Crippen molar-refractivity contribution >= 4 is 0 Å². The number of hydrogen-bond acceptors (Lipinski definition) is 1. The SMILES string of the molecule is CC[C@@H](C)c1ccccc1OCC[NH2+]CC[NH+](C)C. The van der Waals surface area contributed by atoms with Crippen LogP contribution in [0.3, 0.4) is 0 Å². The van der Waals surface area contributed by atoms with Gasteiger partial charge in [0.15, 0.2) is 0 Å². The first-order valence-electron chi connectivity index (χ1n) is 7.47. The number of hydrogen-bond donors (Lipinski definition) is 2. The average Bonchev–Trinajstić information content (AvgIpc) is 2.42. The second-order valence-electron chi connectivity index (χ2n) is 5.52. The molecule has 3 nitrogen and oxygen atoms in total. The quantitative estimate of drug-likeness (QED) is 0.618. The van der Waals surface area contributed by atoms with E-state index in [1.54, 1.807) is 0 Å². The van der Waals surface area contributed by atoms with Crippen molar-refractivity contribution in [3.05, 3.63) is 29.8 Å². The number of benzene rings is 1. The summed E-state index contributed by atoms with van der Waals surface area (Å²) in [5.74, 6) is 1.63. The predicted molar refractivity (Wildman–Crippen MR) is 80.0 cm³/mol. The van der Waals surface area contributed by atoms with E-state index in [2.05, 4.69) is 57.5 Å². The molecule has 0 bridgehead atoms. The molecule has 0 aromatic heterocycles. The average molecular weight is 266 g/mol. The Bertz CT molecular complexity index is 352. The number of ether oxygens (including phenoxy) is 1. The largest absolute Gasteiger partial charge is 0.487 e. The van der Waals surface area contributed by atoms with E-state index >= 15 is 0 Å². The van der Waals surface area contributed by atoms with E-state index in [1.165, 1.54) is 23.6 Å². The molecule has 1 aromatic carbocycles. The van der Waals surface area contributed by atoms with E-state index < -0.39 is 0 Å². The van der Waals surface area contributed by atoms with Crippen LogP contribution < -0.4 is 15.0 Å². The topological polar surface area (TPSA) is 30.3 Å². The zero-order valence-electron chi connectivity index (χ0n) is 12.9. The highest BCUT2D eigenvalue weighted by atomic mass is 16.5.